The molecule has 0 amide bonds. The summed E-state index contributed by atoms with van der Waals surface area (Å²) in [4.78, 5) is 4.18. The first-order chi connectivity index (χ1) is 10.3. The summed E-state index contributed by atoms with van der Waals surface area (Å²) in [6, 6.07) is 14.6. The summed E-state index contributed by atoms with van der Waals surface area (Å²) in [5.74, 6) is 0. The number of hydrogen-bond donors (Lipinski definition) is 1. The molecule has 0 aliphatic rings. The zero-order valence-electron chi connectivity index (χ0n) is 11.9. The molecular formula is C18H17ClN2. The predicted molar refractivity (Wildman–Crippen MR) is 89.6 cm³/mol. The minimum atomic E-state index is 0.801. The Kier molecular flexibility index (Phi) is 4.18. The Hall–Kier alpha value is -1.90. The van der Waals surface area contributed by atoms with Gasteiger partial charge in [-0.1, -0.05) is 48.9 Å². The fraction of sp³-hybridized carbons (Fsp3) is 0.167. The van der Waals surface area contributed by atoms with Crippen LogP contribution in [0.2, 0.25) is 5.02 Å². The molecule has 1 aromatic heterocycles. The molecule has 0 aliphatic carbocycles. The number of nitrogens with one attached hydrogen (secondary N) is 1. The lowest BCUT2D eigenvalue weighted by molar-refractivity contribution is 0.727. The highest BCUT2D eigenvalue weighted by Crippen LogP contribution is 2.31. The maximum absolute atomic E-state index is 6.41. The van der Waals surface area contributed by atoms with Crippen molar-refractivity contribution in [2.45, 2.75) is 13.5 Å². The van der Waals surface area contributed by atoms with Gasteiger partial charge in [0.15, 0.2) is 0 Å². The average Bonchev–Trinajstić information content (AvgIpc) is 2.53. The molecule has 0 spiro atoms. The van der Waals surface area contributed by atoms with E-state index in [0.717, 1.165) is 34.6 Å². The minimum Gasteiger partial charge on any atom is -0.313 e. The lowest BCUT2D eigenvalue weighted by Crippen LogP contribution is -2.11. The molecule has 0 bridgehead atoms. The van der Waals surface area contributed by atoms with Crippen LogP contribution in [0.4, 0.5) is 0 Å². The molecule has 106 valence electrons. The standard InChI is InChI=1S/C18H17ClN2/c1-2-20-12-15-7-6-13(10-18(15)19)16-5-3-4-14-11-21-9-8-17(14)16/h3-11,20H,2,12H2,1H3. The minimum absolute atomic E-state index is 0.801. The predicted octanol–water partition coefficient (Wildman–Crippen LogP) is 4.66. The molecule has 2 nitrogen and oxygen atoms in total. The van der Waals surface area contributed by atoms with E-state index < -0.39 is 0 Å². The van der Waals surface area contributed by atoms with Crippen LogP contribution in [-0.2, 0) is 6.54 Å². The summed E-state index contributed by atoms with van der Waals surface area (Å²) in [5, 5.41) is 6.45. The molecule has 1 N–H and O–H groups in total. The highest BCUT2D eigenvalue weighted by Gasteiger charge is 2.06. The summed E-state index contributed by atoms with van der Waals surface area (Å²) in [7, 11) is 0. The van der Waals surface area contributed by atoms with E-state index in [1.54, 1.807) is 0 Å². The van der Waals surface area contributed by atoms with Gasteiger partial charge in [-0.15, -0.1) is 0 Å². The number of fused-ring (bicyclic) bond motifs is 1. The first-order valence-electron chi connectivity index (χ1n) is 7.12. The summed E-state index contributed by atoms with van der Waals surface area (Å²) >= 11 is 6.41. The zero-order valence-corrected chi connectivity index (χ0v) is 12.7. The second-order valence-electron chi connectivity index (χ2n) is 4.99. The van der Waals surface area contributed by atoms with Crippen LogP contribution in [0.1, 0.15) is 12.5 Å². The molecule has 3 rings (SSSR count). The van der Waals surface area contributed by atoms with E-state index in [4.69, 9.17) is 11.6 Å². The second-order valence-corrected chi connectivity index (χ2v) is 5.40. The van der Waals surface area contributed by atoms with Crippen molar-refractivity contribution in [3.05, 3.63) is 65.4 Å². The van der Waals surface area contributed by atoms with E-state index in [1.165, 1.54) is 10.9 Å². The van der Waals surface area contributed by atoms with E-state index in [9.17, 15) is 0 Å². The van der Waals surface area contributed by atoms with Gasteiger partial charge in [-0.2, -0.15) is 0 Å². The van der Waals surface area contributed by atoms with Gasteiger partial charge in [0.2, 0.25) is 0 Å². The lowest BCUT2D eigenvalue weighted by atomic mass is 9.98. The molecule has 0 aliphatic heterocycles. The highest BCUT2D eigenvalue weighted by molar-refractivity contribution is 6.31. The van der Waals surface area contributed by atoms with Crippen LogP contribution < -0.4 is 5.32 Å². The molecule has 3 heteroatoms. The SMILES string of the molecule is CCNCc1ccc(-c2cccc3cnccc23)cc1Cl. The monoisotopic (exact) mass is 296 g/mol. The van der Waals surface area contributed by atoms with Gasteiger partial charge in [-0.25, -0.2) is 0 Å². The van der Waals surface area contributed by atoms with Crippen LogP contribution in [0.15, 0.2) is 54.9 Å². The molecule has 1 heterocycles. The molecule has 0 unspecified atom stereocenters. The smallest absolute Gasteiger partial charge is 0.0457 e. The Balaban J connectivity index is 2.05. The van der Waals surface area contributed by atoms with Gasteiger partial charge in [0.25, 0.3) is 0 Å². The van der Waals surface area contributed by atoms with E-state index in [0.29, 0.717) is 0 Å². The van der Waals surface area contributed by atoms with Crippen LogP contribution in [0.5, 0.6) is 0 Å². The Labute approximate surface area is 129 Å². The number of aromatic nitrogens is 1. The van der Waals surface area contributed by atoms with Crippen molar-refractivity contribution < 1.29 is 0 Å². The zero-order chi connectivity index (χ0) is 14.7. The Bertz CT molecular complexity index is 763. The summed E-state index contributed by atoms with van der Waals surface area (Å²) in [6.07, 6.45) is 3.72. The van der Waals surface area contributed by atoms with Crippen molar-refractivity contribution >= 4 is 22.4 Å². The molecule has 0 saturated heterocycles. The van der Waals surface area contributed by atoms with Gasteiger partial charge >= 0.3 is 0 Å². The average molecular weight is 297 g/mol. The molecule has 0 radical (unpaired) electrons. The Morgan fingerprint density at radius 2 is 2.05 bits per heavy atom. The van der Waals surface area contributed by atoms with Gasteiger partial charge in [-0.05, 0) is 40.8 Å². The largest absolute Gasteiger partial charge is 0.313 e. The number of hydrogen-bond acceptors (Lipinski definition) is 2. The molecule has 0 fully saturated rings. The summed E-state index contributed by atoms with van der Waals surface area (Å²) in [6.45, 7) is 3.83. The van der Waals surface area contributed by atoms with Crippen LogP contribution in [0, 0.1) is 0 Å². The normalized spacial score (nSPS) is 11.0. The number of rotatable bonds is 4. The lowest BCUT2D eigenvalue weighted by Gasteiger charge is -2.10. The number of halogens is 1. The van der Waals surface area contributed by atoms with Gasteiger partial charge in [0, 0.05) is 29.3 Å². The van der Waals surface area contributed by atoms with Crippen LogP contribution in [0.25, 0.3) is 21.9 Å². The molecular weight excluding hydrogens is 280 g/mol. The fourth-order valence-corrected chi connectivity index (χ4v) is 2.74. The van der Waals surface area contributed by atoms with E-state index in [1.807, 2.05) is 24.5 Å². The summed E-state index contributed by atoms with van der Waals surface area (Å²) in [5.41, 5.74) is 3.45. The van der Waals surface area contributed by atoms with Gasteiger partial charge in [0.05, 0.1) is 0 Å². The maximum Gasteiger partial charge on any atom is 0.0457 e. The second kappa shape index (κ2) is 6.25. The first kappa shape index (κ1) is 14.1. The summed E-state index contributed by atoms with van der Waals surface area (Å²) < 4.78 is 0. The van der Waals surface area contributed by atoms with Crippen LogP contribution in [-0.4, -0.2) is 11.5 Å². The highest BCUT2D eigenvalue weighted by atomic mass is 35.5. The third kappa shape index (κ3) is 2.92. The van der Waals surface area contributed by atoms with Crippen molar-refractivity contribution in [2.24, 2.45) is 0 Å². The fourth-order valence-electron chi connectivity index (χ4n) is 2.49. The first-order valence-corrected chi connectivity index (χ1v) is 7.49. The van der Waals surface area contributed by atoms with Crippen molar-refractivity contribution in [3.63, 3.8) is 0 Å². The number of benzene rings is 2. The molecule has 0 atom stereocenters. The van der Waals surface area contributed by atoms with Crippen molar-refractivity contribution in [3.8, 4) is 11.1 Å². The Morgan fingerprint density at radius 3 is 2.86 bits per heavy atom. The van der Waals surface area contributed by atoms with Crippen LogP contribution >= 0.6 is 11.6 Å². The molecule has 3 aromatic rings. The molecule has 21 heavy (non-hydrogen) atoms. The maximum atomic E-state index is 6.41. The topological polar surface area (TPSA) is 24.9 Å². The quantitative estimate of drug-likeness (QED) is 0.757. The van der Waals surface area contributed by atoms with Crippen LogP contribution in [0.3, 0.4) is 0 Å². The molecule has 0 saturated carbocycles. The van der Waals surface area contributed by atoms with Crippen molar-refractivity contribution in [1.82, 2.24) is 10.3 Å². The van der Waals surface area contributed by atoms with Crippen molar-refractivity contribution in [1.29, 1.82) is 0 Å². The third-order valence-electron chi connectivity index (χ3n) is 3.61. The number of nitrogens with zero attached hydrogens (tertiary/aromatic N) is 1. The van der Waals surface area contributed by atoms with E-state index in [-0.39, 0.29) is 0 Å². The van der Waals surface area contributed by atoms with Gasteiger partial charge < -0.3 is 5.32 Å². The molecule has 2 aromatic carbocycles. The van der Waals surface area contributed by atoms with E-state index in [2.05, 4.69) is 47.6 Å². The van der Waals surface area contributed by atoms with E-state index >= 15 is 0 Å². The number of pyridine rings is 1. The van der Waals surface area contributed by atoms with Gasteiger partial charge in [0.1, 0.15) is 0 Å². The van der Waals surface area contributed by atoms with Crippen molar-refractivity contribution in [2.75, 3.05) is 6.54 Å². The van der Waals surface area contributed by atoms with Gasteiger partial charge in [-0.3, -0.25) is 4.98 Å². The third-order valence-corrected chi connectivity index (χ3v) is 3.96. The Morgan fingerprint density at radius 1 is 1.14 bits per heavy atom.